The van der Waals surface area contributed by atoms with Crippen LogP contribution < -0.4 is 11.1 Å². The van der Waals surface area contributed by atoms with Gasteiger partial charge in [-0.1, -0.05) is 23.7 Å². The molecule has 8 heteroatoms. The van der Waals surface area contributed by atoms with Crippen LogP contribution in [0.4, 0.5) is 11.5 Å². The van der Waals surface area contributed by atoms with Gasteiger partial charge < -0.3 is 11.1 Å². The molecule has 0 unspecified atom stereocenters. The van der Waals surface area contributed by atoms with Crippen LogP contribution in [0.25, 0.3) is 0 Å². The minimum atomic E-state index is -2.98. The number of hydrogen-bond acceptors (Lipinski definition) is 5. The van der Waals surface area contributed by atoms with Crippen molar-refractivity contribution >= 4 is 38.9 Å². The third kappa shape index (κ3) is 5.22. The number of benzene rings is 1. The van der Waals surface area contributed by atoms with E-state index in [4.69, 9.17) is 17.3 Å². The van der Waals surface area contributed by atoms with Crippen LogP contribution in [0.5, 0.6) is 0 Å². The van der Waals surface area contributed by atoms with E-state index in [-0.39, 0.29) is 16.3 Å². The molecular weight excluding hydrogens is 338 g/mol. The van der Waals surface area contributed by atoms with Gasteiger partial charge in [0.15, 0.2) is 0 Å². The Balaban J connectivity index is 2.08. The van der Waals surface area contributed by atoms with Gasteiger partial charge in [-0.05, 0) is 30.2 Å². The van der Waals surface area contributed by atoms with E-state index in [1.54, 1.807) is 12.1 Å². The van der Waals surface area contributed by atoms with Gasteiger partial charge in [0.2, 0.25) is 5.91 Å². The molecule has 0 aliphatic carbocycles. The van der Waals surface area contributed by atoms with Crippen molar-refractivity contribution in [1.82, 2.24) is 4.98 Å². The minimum absolute atomic E-state index is 0.113. The SMILES string of the molecule is CS(=O)(=O)CCc1ccc(Nc2ncc(C(N)=O)cc2Cl)cc1. The number of nitrogens with two attached hydrogens (primary N) is 1. The molecule has 0 saturated heterocycles. The van der Waals surface area contributed by atoms with Gasteiger partial charge >= 0.3 is 0 Å². The Labute approximate surface area is 139 Å². The lowest BCUT2D eigenvalue weighted by atomic mass is 10.1. The zero-order valence-electron chi connectivity index (χ0n) is 12.4. The summed E-state index contributed by atoms with van der Waals surface area (Å²) < 4.78 is 22.3. The zero-order valence-corrected chi connectivity index (χ0v) is 14.0. The first-order chi connectivity index (χ1) is 10.7. The summed E-state index contributed by atoms with van der Waals surface area (Å²) in [5.41, 5.74) is 7.06. The second-order valence-electron chi connectivity index (χ2n) is 5.12. The number of amides is 1. The van der Waals surface area contributed by atoms with Crippen molar-refractivity contribution in [2.75, 3.05) is 17.3 Å². The Morgan fingerprint density at radius 2 is 1.96 bits per heavy atom. The van der Waals surface area contributed by atoms with E-state index in [9.17, 15) is 13.2 Å². The van der Waals surface area contributed by atoms with Gasteiger partial charge in [-0.25, -0.2) is 13.4 Å². The fourth-order valence-electron chi connectivity index (χ4n) is 1.86. The molecule has 2 aromatic rings. The van der Waals surface area contributed by atoms with Crippen LogP contribution >= 0.6 is 11.6 Å². The van der Waals surface area contributed by atoms with Crippen molar-refractivity contribution in [3.8, 4) is 0 Å². The van der Waals surface area contributed by atoms with E-state index in [2.05, 4.69) is 10.3 Å². The maximum atomic E-state index is 11.2. The van der Waals surface area contributed by atoms with E-state index >= 15 is 0 Å². The first kappa shape index (κ1) is 17.2. The molecule has 0 fully saturated rings. The number of anilines is 2. The van der Waals surface area contributed by atoms with Crippen molar-refractivity contribution in [2.45, 2.75) is 6.42 Å². The van der Waals surface area contributed by atoms with Gasteiger partial charge in [0, 0.05) is 18.1 Å². The number of aromatic nitrogens is 1. The molecule has 3 N–H and O–H groups in total. The lowest BCUT2D eigenvalue weighted by Gasteiger charge is -2.09. The van der Waals surface area contributed by atoms with Crippen molar-refractivity contribution in [1.29, 1.82) is 0 Å². The summed E-state index contributed by atoms with van der Waals surface area (Å²) >= 11 is 6.06. The maximum absolute atomic E-state index is 11.2. The zero-order chi connectivity index (χ0) is 17.0. The second kappa shape index (κ2) is 6.97. The predicted octanol–water partition coefficient (Wildman–Crippen LogP) is 2.16. The van der Waals surface area contributed by atoms with E-state index in [1.807, 2.05) is 12.1 Å². The average molecular weight is 354 g/mol. The number of halogens is 1. The number of pyridine rings is 1. The molecule has 122 valence electrons. The van der Waals surface area contributed by atoms with Crippen LogP contribution in [-0.2, 0) is 16.3 Å². The number of hydrogen-bond donors (Lipinski definition) is 2. The summed E-state index contributed by atoms with van der Waals surface area (Å²) in [5.74, 6) is -0.0800. The summed E-state index contributed by atoms with van der Waals surface area (Å²) in [7, 11) is -2.98. The third-order valence-corrected chi connectivity index (χ3v) is 4.34. The molecule has 0 bridgehead atoms. The first-order valence-electron chi connectivity index (χ1n) is 6.73. The Bertz CT molecular complexity index is 820. The molecular formula is C15H16ClN3O3S. The number of nitrogens with one attached hydrogen (secondary N) is 1. The number of carbonyl (C=O) groups excluding carboxylic acids is 1. The fourth-order valence-corrected chi connectivity index (χ4v) is 2.68. The van der Waals surface area contributed by atoms with Gasteiger partial charge in [-0.2, -0.15) is 0 Å². The largest absolute Gasteiger partial charge is 0.366 e. The monoisotopic (exact) mass is 353 g/mol. The number of nitrogens with zero attached hydrogens (tertiary/aromatic N) is 1. The molecule has 1 aromatic heterocycles. The van der Waals surface area contributed by atoms with E-state index < -0.39 is 15.7 Å². The summed E-state index contributed by atoms with van der Waals surface area (Å²) in [6.07, 6.45) is 3.02. The minimum Gasteiger partial charge on any atom is -0.366 e. The van der Waals surface area contributed by atoms with Crippen LogP contribution in [0.15, 0.2) is 36.5 Å². The normalized spacial score (nSPS) is 11.2. The standard InChI is InChI=1S/C15H16ClN3O3S/c1-23(21,22)7-6-10-2-4-12(5-3-10)19-15-13(16)8-11(9-18-15)14(17)20/h2-5,8-9H,6-7H2,1H3,(H2,17,20)(H,18,19). The summed E-state index contributed by atoms with van der Waals surface area (Å²) in [6, 6.07) is 8.72. The average Bonchev–Trinajstić information content (AvgIpc) is 2.47. The molecule has 0 spiro atoms. The number of primary amides is 1. The van der Waals surface area contributed by atoms with Crippen LogP contribution in [0.1, 0.15) is 15.9 Å². The van der Waals surface area contributed by atoms with Crippen molar-refractivity contribution < 1.29 is 13.2 Å². The van der Waals surface area contributed by atoms with E-state index in [0.29, 0.717) is 12.2 Å². The highest BCUT2D eigenvalue weighted by molar-refractivity contribution is 7.90. The van der Waals surface area contributed by atoms with Crippen molar-refractivity contribution in [2.24, 2.45) is 5.73 Å². The summed E-state index contributed by atoms with van der Waals surface area (Å²) in [4.78, 5) is 15.1. The summed E-state index contributed by atoms with van der Waals surface area (Å²) in [6.45, 7) is 0. The Hall–Kier alpha value is -2.12. The third-order valence-electron chi connectivity index (χ3n) is 3.10. The van der Waals surface area contributed by atoms with Crippen LogP contribution in [0, 0.1) is 0 Å². The molecule has 1 heterocycles. The molecule has 1 amide bonds. The number of carbonyl (C=O) groups is 1. The molecule has 0 atom stereocenters. The van der Waals surface area contributed by atoms with Gasteiger partial charge in [-0.15, -0.1) is 0 Å². The quantitative estimate of drug-likeness (QED) is 0.828. The second-order valence-corrected chi connectivity index (χ2v) is 7.79. The number of sulfone groups is 1. The number of aryl methyl sites for hydroxylation is 1. The van der Waals surface area contributed by atoms with Gasteiger partial charge in [0.25, 0.3) is 0 Å². The Morgan fingerprint density at radius 3 is 2.48 bits per heavy atom. The molecule has 0 aliphatic heterocycles. The highest BCUT2D eigenvalue weighted by Gasteiger charge is 2.08. The van der Waals surface area contributed by atoms with Crippen LogP contribution in [0.3, 0.4) is 0 Å². The maximum Gasteiger partial charge on any atom is 0.250 e. The van der Waals surface area contributed by atoms with Gasteiger partial charge in [-0.3, -0.25) is 4.79 Å². The lowest BCUT2D eigenvalue weighted by Crippen LogP contribution is -2.11. The first-order valence-corrected chi connectivity index (χ1v) is 9.17. The Kier molecular flexibility index (Phi) is 5.23. The van der Waals surface area contributed by atoms with Gasteiger partial charge in [0.1, 0.15) is 15.7 Å². The van der Waals surface area contributed by atoms with Crippen molar-refractivity contribution in [3.63, 3.8) is 0 Å². The summed E-state index contributed by atoms with van der Waals surface area (Å²) in [5, 5.41) is 3.30. The van der Waals surface area contributed by atoms with Crippen LogP contribution in [-0.4, -0.2) is 31.3 Å². The van der Waals surface area contributed by atoms with Crippen molar-refractivity contribution in [3.05, 3.63) is 52.7 Å². The fraction of sp³-hybridized carbons (Fsp3) is 0.200. The molecule has 23 heavy (non-hydrogen) atoms. The smallest absolute Gasteiger partial charge is 0.250 e. The molecule has 0 radical (unpaired) electrons. The van der Waals surface area contributed by atoms with Gasteiger partial charge in [0.05, 0.1) is 16.3 Å². The van der Waals surface area contributed by atoms with E-state index in [1.165, 1.54) is 18.5 Å². The molecule has 0 saturated carbocycles. The Morgan fingerprint density at radius 1 is 1.30 bits per heavy atom. The molecule has 6 nitrogen and oxygen atoms in total. The van der Waals surface area contributed by atoms with Crippen LogP contribution in [0.2, 0.25) is 5.02 Å². The number of rotatable bonds is 6. The highest BCUT2D eigenvalue weighted by Crippen LogP contribution is 2.24. The predicted molar refractivity (Wildman–Crippen MR) is 90.9 cm³/mol. The topological polar surface area (TPSA) is 102 Å². The van der Waals surface area contributed by atoms with E-state index in [0.717, 1.165) is 11.3 Å². The molecule has 2 rings (SSSR count). The highest BCUT2D eigenvalue weighted by atomic mass is 35.5. The molecule has 1 aromatic carbocycles. The molecule has 0 aliphatic rings. The lowest BCUT2D eigenvalue weighted by molar-refractivity contribution is 0.1000.